The van der Waals surface area contributed by atoms with Crippen LogP contribution in [0.3, 0.4) is 0 Å². The summed E-state index contributed by atoms with van der Waals surface area (Å²) in [6.45, 7) is 7.56. The minimum absolute atomic E-state index is 0.138. The van der Waals surface area contributed by atoms with Gasteiger partial charge in [-0.1, -0.05) is 62.2 Å². The van der Waals surface area contributed by atoms with Crippen LogP contribution in [0.25, 0.3) is 0 Å². The van der Waals surface area contributed by atoms with Crippen molar-refractivity contribution in [3.8, 4) is 0 Å². The molecule has 0 aromatic heterocycles. The lowest BCUT2D eigenvalue weighted by Gasteiger charge is -2.39. The molecule has 1 aliphatic carbocycles. The van der Waals surface area contributed by atoms with E-state index in [4.69, 9.17) is 0 Å². The Morgan fingerprint density at radius 3 is 2.42 bits per heavy atom. The molecule has 2 aliphatic rings. The Bertz CT molecular complexity index is 1120. The topological polar surface area (TPSA) is 57.7 Å². The second-order valence-corrected chi connectivity index (χ2v) is 13.4. The van der Waals surface area contributed by atoms with Crippen molar-refractivity contribution in [1.29, 1.82) is 0 Å². The third kappa shape index (κ3) is 6.45. The van der Waals surface area contributed by atoms with Crippen molar-refractivity contribution in [2.45, 2.75) is 69.1 Å². The van der Waals surface area contributed by atoms with E-state index in [0.29, 0.717) is 24.3 Å². The molecule has 0 bridgehead atoms. The summed E-state index contributed by atoms with van der Waals surface area (Å²) in [5.74, 6) is 1.91. The minimum Gasteiger partial charge on any atom is -0.303 e. The molecule has 5 nitrogen and oxygen atoms in total. The first-order valence-corrected chi connectivity index (χ1v) is 14.9. The molecule has 3 unspecified atom stereocenters. The van der Waals surface area contributed by atoms with E-state index in [1.54, 1.807) is 26.1 Å². The van der Waals surface area contributed by atoms with Gasteiger partial charge in [-0.2, -0.15) is 0 Å². The number of piperidine rings is 1. The summed E-state index contributed by atoms with van der Waals surface area (Å²) in [6, 6.07) is 17.4. The molecular weight excluding hydrogens is 468 g/mol. The number of Topliss-reactive ketones (excluding diaryl/α,β-unsaturated/α-hetero) is 1. The highest BCUT2D eigenvalue weighted by molar-refractivity contribution is 7.89. The number of sulfonamides is 1. The fourth-order valence-electron chi connectivity index (χ4n) is 6.17. The monoisotopic (exact) mass is 510 g/mol. The van der Waals surface area contributed by atoms with E-state index in [1.165, 1.54) is 42.1 Å². The molecule has 0 amide bonds. The van der Waals surface area contributed by atoms with Gasteiger partial charge in [-0.25, -0.2) is 12.7 Å². The van der Waals surface area contributed by atoms with E-state index in [-0.39, 0.29) is 11.2 Å². The number of benzene rings is 2. The van der Waals surface area contributed by atoms with Crippen LogP contribution in [0.2, 0.25) is 0 Å². The molecule has 4 rings (SSSR count). The number of carbonyl (C=O) groups is 1. The van der Waals surface area contributed by atoms with E-state index in [0.717, 1.165) is 36.9 Å². The lowest BCUT2D eigenvalue weighted by Crippen LogP contribution is -2.44. The minimum atomic E-state index is -3.63. The number of rotatable bonds is 11. The fourth-order valence-corrected chi connectivity index (χ4v) is 7.47. The molecule has 0 spiro atoms. The zero-order chi connectivity index (χ0) is 25.8. The van der Waals surface area contributed by atoms with Gasteiger partial charge in [0.25, 0.3) is 0 Å². The van der Waals surface area contributed by atoms with Gasteiger partial charge in [0.1, 0.15) is 5.78 Å². The second-order valence-electron chi connectivity index (χ2n) is 11.3. The van der Waals surface area contributed by atoms with E-state index in [1.807, 2.05) is 30.3 Å². The van der Waals surface area contributed by atoms with E-state index >= 15 is 0 Å². The zero-order valence-corrected chi connectivity index (χ0v) is 23.0. The van der Waals surface area contributed by atoms with Crippen molar-refractivity contribution < 1.29 is 13.2 Å². The van der Waals surface area contributed by atoms with Crippen LogP contribution in [-0.2, 0) is 26.7 Å². The normalized spacial score (nSPS) is 22.3. The maximum absolute atomic E-state index is 13.5. The smallest absolute Gasteiger partial charge is 0.242 e. The highest BCUT2D eigenvalue weighted by Crippen LogP contribution is 2.38. The quantitative estimate of drug-likeness (QED) is 0.412. The number of hydrogen-bond acceptors (Lipinski definition) is 4. The van der Waals surface area contributed by atoms with Crippen LogP contribution in [0, 0.1) is 11.8 Å². The van der Waals surface area contributed by atoms with Gasteiger partial charge in [0, 0.05) is 32.0 Å². The average molecular weight is 511 g/mol. The third-order valence-corrected chi connectivity index (χ3v) is 10.4. The van der Waals surface area contributed by atoms with Crippen LogP contribution in [0.1, 0.15) is 63.5 Å². The Morgan fingerprint density at radius 2 is 1.72 bits per heavy atom. The first kappa shape index (κ1) is 27.0. The lowest BCUT2D eigenvalue weighted by atomic mass is 9.78. The number of fused-ring (bicyclic) bond motifs is 1. The molecule has 3 atom stereocenters. The molecule has 0 radical (unpaired) electrons. The standard InChI is InChI=1S/C30H42N2O3S/c1-24(33)12-13-25-14-16-29(17-15-25)36(34,35)31(3)23-30(2,28-10-5-4-6-11-28)19-21-32-20-18-26-8-7-9-27(26)22-32/h4-6,10-11,14-17,26-27H,7-9,12-13,18-23H2,1-3H3. The number of nitrogens with zero attached hydrogens (tertiary/aromatic N) is 2. The summed E-state index contributed by atoms with van der Waals surface area (Å²) >= 11 is 0. The highest BCUT2D eigenvalue weighted by Gasteiger charge is 2.36. The largest absolute Gasteiger partial charge is 0.303 e. The summed E-state index contributed by atoms with van der Waals surface area (Å²) in [6.07, 6.45) is 7.48. The maximum atomic E-state index is 13.5. The summed E-state index contributed by atoms with van der Waals surface area (Å²) in [7, 11) is -1.93. The van der Waals surface area contributed by atoms with Crippen LogP contribution in [0.5, 0.6) is 0 Å². The zero-order valence-electron chi connectivity index (χ0n) is 22.2. The first-order valence-electron chi connectivity index (χ1n) is 13.5. The Kier molecular flexibility index (Phi) is 8.69. The average Bonchev–Trinajstić information content (AvgIpc) is 3.35. The fraction of sp³-hybridized carbons (Fsp3) is 0.567. The van der Waals surface area contributed by atoms with Gasteiger partial charge < -0.3 is 9.69 Å². The van der Waals surface area contributed by atoms with Crippen molar-refractivity contribution in [2.75, 3.05) is 33.2 Å². The second kappa shape index (κ2) is 11.6. The Labute approximate surface area is 217 Å². The van der Waals surface area contributed by atoms with Crippen molar-refractivity contribution >= 4 is 15.8 Å². The number of hydrogen-bond donors (Lipinski definition) is 0. The Hall–Kier alpha value is -2.02. The summed E-state index contributed by atoms with van der Waals surface area (Å²) in [5.41, 5.74) is 1.87. The van der Waals surface area contributed by atoms with Gasteiger partial charge in [-0.3, -0.25) is 0 Å². The molecule has 2 aromatic carbocycles. The predicted octanol–water partition coefficient (Wildman–Crippen LogP) is 5.30. The maximum Gasteiger partial charge on any atom is 0.242 e. The van der Waals surface area contributed by atoms with E-state index in [9.17, 15) is 13.2 Å². The van der Waals surface area contributed by atoms with Crippen molar-refractivity contribution in [1.82, 2.24) is 9.21 Å². The molecule has 1 aliphatic heterocycles. The van der Waals surface area contributed by atoms with Gasteiger partial charge in [0.05, 0.1) is 4.90 Å². The van der Waals surface area contributed by atoms with E-state index < -0.39 is 10.0 Å². The van der Waals surface area contributed by atoms with Crippen LogP contribution in [-0.4, -0.2) is 56.6 Å². The molecule has 6 heteroatoms. The van der Waals surface area contributed by atoms with Crippen molar-refractivity contribution in [3.05, 3.63) is 65.7 Å². The molecule has 0 N–H and O–H groups in total. The Morgan fingerprint density at radius 1 is 1.03 bits per heavy atom. The van der Waals surface area contributed by atoms with Crippen LogP contribution in [0.4, 0.5) is 0 Å². The SMILES string of the molecule is CC(=O)CCc1ccc(S(=O)(=O)N(C)CC(C)(CCN2CCC3CCCC3C2)c2ccccc2)cc1. The van der Waals surface area contributed by atoms with Gasteiger partial charge >= 0.3 is 0 Å². The molecular formula is C30H42N2O3S. The van der Waals surface area contributed by atoms with Crippen molar-refractivity contribution in [3.63, 3.8) is 0 Å². The van der Waals surface area contributed by atoms with Crippen LogP contribution in [0.15, 0.2) is 59.5 Å². The van der Waals surface area contributed by atoms with Crippen LogP contribution >= 0.6 is 0 Å². The van der Waals surface area contributed by atoms with Gasteiger partial charge in [0.15, 0.2) is 0 Å². The Balaban J connectivity index is 1.46. The molecule has 1 saturated carbocycles. The van der Waals surface area contributed by atoms with Crippen LogP contribution < -0.4 is 0 Å². The van der Waals surface area contributed by atoms with Gasteiger partial charge in [-0.05, 0) is 80.8 Å². The molecule has 1 saturated heterocycles. The van der Waals surface area contributed by atoms with Gasteiger partial charge in [-0.15, -0.1) is 0 Å². The predicted molar refractivity (Wildman–Crippen MR) is 146 cm³/mol. The molecule has 196 valence electrons. The summed E-state index contributed by atoms with van der Waals surface area (Å²) in [4.78, 5) is 14.2. The molecule has 1 heterocycles. The molecule has 2 aromatic rings. The third-order valence-electron chi connectivity index (χ3n) is 8.54. The first-order chi connectivity index (χ1) is 17.2. The van der Waals surface area contributed by atoms with Gasteiger partial charge in [0.2, 0.25) is 10.0 Å². The highest BCUT2D eigenvalue weighted by atomic mass is 32.2. The number of likely N-dealkylation sites (tertiary alicyclic amines) is 1. The number of carbonyl (C=O) groups excluding carboxylic acids is 1. The van der Waals surface area contributed by atoms with E-state index in [2.05, 4.69) is 24.0 Å². The lowest BCUT2D eigenvalue weighted by molar-refractivity contribution is -0.116. The summed E-state index contributed by atoms with van der Waals surface area (Å²) in [5, 5.41) is 0. The number of aryl methyl sites for hydroxylation is 1. The number of likely N-dealkylation sites (N-methyl/N-ethyl adjacent to an activating group) is 1. The van der Waals surface area contributed by atoms with Crippen molar-refractivity contribution in [2.24, 2.45) is 11.8 Å². The molecule has 2 fully saturated rings. The summed E-state index contributed by atoms with van der Waals surface area (Å²) < 4.78 is 28.5. The molecule has 36 heavy (non-hydrogen) atoms. The number of ketones is 1.